The highest BCUT2D eigenvalue weighted by Crippen LogP contribution is 2.23. The highest BCUT2D eigenvalue weighted by Gasteiger charge is 2.31. The van der Waals surface area contributed by atoms with Crippen LogP contribution in [0.25, 0.3) is 0 Å². The molecular formula is C14H16F3N3O. The number of hydrogen-bond donors (Lipinski definition) is 0. The second-order valence-corrected chi connectivity index (χ2v) is 4.89. The summed E-state index contributed by atoms with van der Waals surface area (Å²) in [5.74, 6) is -0.199. The van der Waals surface area contributed by atoms with Crippen molar-refractivity contribution in [2.75, 3.05) is 7.05 Å². The summed E-state index contributed by atoms with van der Waals surface area (Å²) in [7, 11) is 3.73. The van der Waals surface area contributed by atoms with Crippen molar-refractivity contribution < 1.29 is 17.9 Å². The van der Waals surface area contributed by atoms with Gasteiger partial charge in [0.05, 0.1) is 6.20 Å². The molecule has 1 aromatic heterocycles. The van der Waals surface area contributed by atoms with E-state index in [9.17, 15) is 13.2 Å². The summed E-state index contributed by atoms with van der Waals surface area (Å²) >= 11 is 0. The molecule has 0 saturated carbocycles. The first kappa shape index (κ1) is 15.4. The third-order valence-corrected chi connectivity index (χ3v) is 2.80. The lowest BCUT2D eigenvalue weighted by Crippen LogP contribution is -2.18. The Morgan fingerprint density at radius 2 is 1.95 bits per heavy atom. The number of aromatic nitrogens is 2. The monoisotopic (exact) mass is 299 g/mol. The van der Waals surface area contributed by atoms with Gasteiger partial charge in [0.25, 0.3) is 0 Å². The maximum absolute atomic E-state index is 12.2. The number of aryl methyl sites for hydroxylation is 1. The van der Waals surface area contributed by atoms with Crippen LogP contribution < -0.4 is 4.74 Å². The Balaban J connectivity index is 1.97. The fourth-order valence-electron chi connectivity index (χ4n) is 2.07. The lowest BCUT2D eigenvalue weighted by Gasteiger charge is -2.16. The molecule has 0 atom stereocenters. The lowest BCUT2D eigenvalue weighted by molar-refractivity contribution is -0.274. The Labute approximate surface area is 120 Å². The molecule has 2 rings (SSSR count). The van der Waals surface area contributed by atoms with Crippen LogP contribution in [0.2, 0.25) is 0 Å². The molecule has 0 aliphatic heterocycles. The van der Waals surface area contributed by atoms with Crippen molar-refractivity contribution in [1.82, 2.24) is 14.7 Å². The van der Waals surface area contributed by atoms with Gasteiger partial charge in [-0.25, -0.2) is 0 Å². The molecule has 21 heavy (non-hydrogen) atoms. The highest BCUT2D eigenvalue weighted by molar-refractivity contribution is 5.28. The van der Waals surface area contributed by atoms with Crippen molar-refractivity contribution in [2.45, 2.75) is 19.5 Å². The summed E-state index contributed by atoms with van der Waals surface area (Å²) in [5, 5.41) is 4.08. The zero-order valence-corrected chi connectivity index (χ0v) is 11.8. The first-order chi connectivity index (χ1) is 9.82. The summed E-state index contributed by atoms with van der Waals surface area (Å²) < 4.78 is 42.2. The number of rotatable bonds is 5. The van der Waals surface area contributed by atoms with Gasteiger partial charge in [-0.15, -0.1) is 13.2 Å². The lowest BCUT2D eigenvalue weighted by atomic mass is 10.2. The molecule has 0 aliphatic rings. The minimum atomic E-state index is -4.67. The van der Waals surface area contributed by atoms with Gasteiger partial charge in [0.2, 0.25) is 0 Å². The second-order valence-electron chi connectivity index (χ2n) is 4.89. The van der Waals surface area contributed by atoms with Crippen molar-refractivity contribution in [2.24, 2.45) is 7.05 Å². The number of halogens is 3. The molecule has 0 N–H and O–H groups in total. The Morgan fingerprint density at radius 1 is 1.24 bits per heavy atom. The van der Waals surface area contributed by atoms with E-state index in [-0.39, 0.29) is 5.75 Å². The van der Waals surface area contributed by atoms with E-state index in [1.807, 2.05) is 25.2 Å². The van der Waals surface area contributed by atoms with E-state index in [4.69, 9.17) is 0 Å². The summed E-state index contributed by atoms with van der Waals surface area (Å²) in [6, 6.07) is 6.00. The van der Waals surface area contributed by atoms with Crippen LogP contribution in [0.5, 0.6) is 5.75 Å². The van der Waals surface area contributed by atoms with Crippen LogP contribution in [0, 0.1) is 0 Å². The number of alkyl halides is 3. The average Bonchev–Trinajstić information content (AvgIpc) is 2.72. The molecule has 0 aliphatic carbocycles. The maximum Gasteiger partial charge on any atom is 0.573 e. The zero-order chi connectivity index (χ0) is 15.5. The third-order valence-electron chi connectivity index (χ3n) is 2.80. The van der Waals surface area contributed by atoms with Crippen molar-refractivity contribution in [3.05, 3.63) is 47.8 Å². The zero-order valence-electron chi connectivity index (χ0n) is 11.8. The Kier molecular flexibility index (Phi) is 4.52. The van der Waals surface area contributed by atoms with Crippen LogP contribution >= 0.6 is 0 Å². The molecule has 0 spiro atoms. The SMILES string of the molecule is CN(Cc1cccc(OC(F)(F)F)c1)Cc1cnn(C)c1. The van der Waals surface area contributed by atoms with Crippen molar-refractivity contribution >= 4 is 0 Å². The summed E-state index contributed by atoms with van der Waals surface area (Å²) in [6.45, 7) is 1.18. The molecule has 0 amide bonds. The standard InChI is InChI=1S/C14H16F3N3O/c1-19(9-12-7-18-20(2)10-12)8-11-4-3-5-13(6-11)21-14(15,16)17/h3-7,10H,8-9H2,1-2H3. The fourth-order valence-corrected chi connectivity index (χ4v) is 2.07. The first-order valence-electron chi connectivity index (χ1n) is 6.32. The van der Waals surface area contributed by atoms with Crippen LogP contribution in [0.15, 0.2) is 36.7 Å². The molecule has 2 aromatic rings. The van der Waals surface area contributed by atoms with E-state index < -0.39 is 6.36 Å². The van der Waals surface area contributed by atoms with Crippen LogP contribution in [0.1, 0.15) is 11.1 Å². The molecule has 7 heteroatoms. The molecule has 0 saturated heterocycles. The van der Waals surface area contributed by atoms with Gasteiger partial charge in [0.15, 0.2) is 0 Å². The molecule has 114 valence electrons. The number of nitrogens with zero attached hydrogens (tertiary/aromatic N) is 3. The normalized spacial score (nSPS) is 11.9. The van der Waals surface area contributed by atoms with Gasteiger partial charge < -0.3 is 4.74 Å². The fraction of sp³-hybridized carbons (Fsp3) is 0.357. The minimum absolute atomic E-state index is 0.199. The summed E-state index contributed by atoms with van der Waals surface area (Å²) in [4.78, 5) is 1.99. The Bertz CT molecular complexity index is 595. The largest absolute Gasteiger partial charge is 0.573 e. The number of benzene rings is 1. The van der Waals surface area contributed by atoms with E-state index in [0.29, 0.717) is 13.1 Å². The van der Waals surface area contributed by atoms with Crippen LogP contribution in [-0.4, -0.2) is 28.1 Å². The van der Waals surface area contributed by atoms with Crippen LogP contribution in [-0.2, 0) is 20.1 Å². The molecule has 0 fully saturated rings. The van der Waals surface area contributed by atoms with Crippen molar-refractivity contribution in [3.8, 4) is 5.75 Å². The van der Waals surface area contributed by atoms with E-state index in [1.165, 1.54) is 12.1 Å². The van der Waals surface area contributed by atoms with Gasteiger partial charge in [0, 0.05) is 31.9 Å². The topological polar surface area (TPSA) is 30.3 Å². The van der Waals surface area contributed by atoms with Gasteiger partial charge in [-0.05, 0) is 24.7 Å². The maximum atomic E-state index is 12.2. The number of ether oxygens (including phenoxy) is 1. The van der Waals surface area contributed by atoms with Crippen molar-refractivity contribution in [1.29, 1.82) is 0 Å². The summed E-state index contributed by atoms with van der Waals surface area (Å²) in [6.07, 6.45) is -1.00. The average molecular weight is 299 g/mol. The molecule has 0 radical (unpaired) electrons. The van der Waals surface area contributed by atoms with Gasteiger partial charge in [0.1, 0.15) is 5.75 Å². The minimum Gasteiger partial charge on any atom is -0.406 e. The smallest absolute Gasteiger partial charge is 0.406 e. The van der Waals surface area contributed by atoms with Gasteiger partial charge >= 0.3 is 6.36 Å². The van der Waals surface area contributed by atoms with E-state index >= 15 is 0 Å². The molecule has 0 bridgehead atoms. The van der Waals surface area contributed by atoms with E-state index in [1.54, 1.807) is 23.0 Å². The van der Waals surface area contributed by atoms with E-state index in [2.05, 4.69) is 9.84 Å². The van der Waals surface area contributed by atoms with Crippen LogP contribution in [0.4, 0.5) is 13.2 Å². The Hall–Kier alpha value is -2.02. The highest BCUT2D eigenvalue weighted by atomic mass is 19.4. The first-order valence-corrected chi connectivity index (χ1v) is 6.32. The van der Waals surface area contributed by atoms with Crippen molar-refractivity contribution in [3.63, 3.8) is 0 Å². The molecule has 4 nitrogen and oxygen atoms in total. The predicted octanol–water partition coefficient (Wildman–Crippen LogP) is 2.95. The quantitative estimate of drug-likeness (QED) is 0.850. The van der Waals surface area contributed by atoms with Gasteiger partial charge in [-0.2, -0.15) is 5.10 Å². The summed E-state index contributed by atoms with van der Waals surface area (Å²) in [5.41, 5.74) is 1.80. The predicted molar refractivity (Wildman–Crippen MR) is 71.5 cm³/mol. The molecule has 0 unspecified atom stereocenters. The number of hydrogen-bond acceptors (Lipinski definition) is 3. The van der Waals surface area contributed by atoms with Crippen LogP contribution in [0.3, 0.4) is 0 Å². The van der Waals surface area contributed by atoms with E-state index in [0.717, 1.165) is 11.1 Å². The van der Waals surface area contributed by atoms with Gasteiger partial charge in [-0.1, -0.05) is 12.1 Å². The molecule has 1 heterocycles. The molecule has 1 aromatic carbocycles. The Morgan fingerprint density at radius 3 is 2.57 bits per heavy atom. The molecular weight excluding hydrogens is 283 g/mol. The van der Waals surface area contributed by atoms with Gasteiger partial charge in [-0.3, -0.25) is 9.58 Å². The third kappa shape index (κ3) is 5.11. The second kappa shape index (κ2) is 6.17.